The largest absolute Gasteiger partial charge is 0.459 e. The van der Waals surface area contributed by atoms with E-state index in [9.17, 15) is 4.79 Å². The minimum atomic E-state index is -0.421. The number of allylic oxidation sites excluding steroid dienone is 2. The highest BCUT2D eigenvalue weighted by molar-refractivity contribution is 5.66. The van der Waals surface area contributed by atoms with Crippen molar-refractivity contribution in [1.82, 2.24) is 0 Å². The highest BCUT2D eigenvalue weighted by atomic mass is 16.6. The van der Waals surface area contributed by atoms with E-state index in [1.165, 1.54) is 12.5 Å². The molecule has 26 heavy (non-hydrogen) atoms. The quantitative estimate of drug-likeness (QED) is 0.395. The van der Waals surface area contributed by atoms with Crippen LogP contribution in [0.4, 0.5) is 0 Å². The van der Waals surface area contributed by atoms with Crippen molar-refractivity contribution in [2.45, 2.75) is 115 Å². The van der Waals surface area contributed by atoms with Crippen LogP contribution >= 0.6 is 0 Å². The number of fused-ring (bicyclic) bond motifs is 3. The van der Waals surface area contributed by atoms with Crippen LogP contribution in [0.1, 0.15) is 86.5 Å². The summed E-state index contributed by atoms with van der Waals surface area (Å²) >= 11 is 0. The molecule has 0 radical (unpaired) electrons. The molecule has 3 rings (SSSR count). The molecule has 0 spiro atoms. The van der Waals surface area contributed by atoms with Crippen molar-refractivity contribution in [1.29, 1.82) is 0 Å². The van der Waals surface area contributed by atoms with Gasteiger partial charge in [0, 0.05) is 13.3 Å². The van der Waals surface area contributed by atoms with E-state index in [-0.39, 0.29) is 29.4 Å². The van der Waals surface area contributed by atoms with Crippen molar-refractivity contribution in [3.63, 3.8) is 0 Å². The molecule has 0 aliphatic carbocycles. The molecule has 5 unspecified atom stereocenters. The summed E-state index contributed by atoms with van der Waals surface area (Å²) in [6, 6.07) is 0. The standard InChI is InChI=1S/C22H36O4/c1-15(2)22-13-12-21(6,26-22)18(24-17(4)23)10-9-16(3)8-7-11-20(5)19(14-22)25-20/h8,15,18-19H,7,9-14H2,1-6H3. The van der Waals surface area contributed by atoms with Crippen LogP contribution < -0.4 is 0 Å². The van der Waals surface area contributed by atoms with Gasteiger partial charge in [-0.1, -0.05) is 25.5 Å². The lowest BCUT2D eigenvalue weighted by molar-refractivity contribution is -0.189. The van der Waals surface area contributed by atoms with E-state index in [0.29, 0.717) is 5.92 Å². The molecule has 4 heteroatoms. The molecular formula is C22H36O4. The van der Waals surface area contributed by atoms with Gasteiger partial charge in [0.1, 0.15) is 11.7 Å². The van der Waals surface area contributed by atoms with Gasteiger partial charge in [0.15, 0.2) is 0 Å². The van der Waals surface area contributed by atoms with Crippen LogP contribution in [0.25, 0.3) is 0 Å². The Morgan fingerprint density at radius 2 is 1.96 bits per heavy atom. The maximum absolute atomic E-state index is 11.7. The summed E-state index contributed by atoms with van der Waals surface area (Å²) in [4.78, 5) is 11.7. The average Bonchev–Trinajstić information content (AvgIpc) is 3.00. The smallest absolute Gasteiger partial charge is 0.303 e. The lowest BCUT2D eigenvalue weighted by Crippen LogP contribution is -2.47. The Hall–Kier alpha value is -0.870. The molecule has 2 bridgehead atoms. The van der Waals surface area contributed by atoms with Gasteiger partial charge in [-0.3, -0.25) is 4.79 Å². The zero-order valence-electron chi connectivity index (χ0n) is 17.4. The molecule has 0 N–H and O–H groups in total. The van der Waals surface area contributed by atoms with E-state index >= 15 is 0 Å². The lowest BCUT2D eigenvalue weighted by Gasteiger charge is -2.39. The summed E-state index contributed by atoms with van der Waals surface area (Å²) in [6.07, 6.45) is 9.14. The third kappa shape index (κ3) is 3.87. The summed E-state index contributed by atoms with van der Waals surface area (Å²) in [5, 5.41) is 0. The van der Waals surface area contributed by atoms with E-state index in [2.05, 4.69) is 40.7 Å². The monoisotopic (exact) mass is 364 g/mol. The van der Waals surface area contributed by atoms with Crippen LogP contribution in [0.15, 0.2) is 11.6 Å². The number of epoxide rings is 1. The zero-order valence-corrected chi connectivity index (χ0v) is 17.4. The Balaban J connectivity index is 1.89. The van der Waals surface area contributed by atoms with Crippen molar-refractivity contribution in [3.05, 3.63) is 11.6 Å². The Morgan fingerprint density at radius 1 is 1.23 bits per heavy atom. The van der Waals surface area contributed by atoms with Gasteiger partial charge >= 0.3 is 5.97 Å². The van der Waals surface area contributed by atoms with Crippen LogP contribution in [0.2, 0.25) is 0 Å². The van der Waals surface area contributed by atoms with Crippen molar-refractivity contribution in [2.75, 3.05) is 0 Å². The van der Waals surface area contributed by atoms with Crippen molar-refractivity contribution < 1.29 is 19.0 Å². The minimum absolute atomic E-state index is 0.00956. The van der Waals surface area contributed by atoms with E-state index in [1.54, 1.807) is 0 Å². The predicted octanol–water partition coefficient (Wildman–Crippen LogP) is 4.95. The zero-order chi connectivity index (χ0) is 19.2. The Kier molecular flexibility index (Phi) is 5.31. The number of rotatable bonds is 2. The van der Waals surface area contributed by atoms with Crippen LogP contribution in [-0.2, 0) is 19.0 Å². The first kappa shape index (κ1) is 19.9. The van der Waals surface area contributed by atoms with Crippen molar-refractivity contribution >= 4 is 5.97 Å². The molecule has 0 aromatic heterocycles. The average molecular weight is 365 g/mol. The molecular weight excluding hydrogens is 328 g/mol. The molecule has 3 aliphatic heterocycles. The number of hydrogen-bond donors (Lipinski definition) is 0. The molecule has 0 aromatic rings. The van der Waals surface area contributed by atoms with Gasteiger partial charge in [0.25, 0.3) is 0 Å². The van der Waals surface area contributed by atoms with Gasteiger partial charge in [-0.2, -0.15) is 0 Å². The summed E-state index contributed by atoms with van der Waals surface area (Å²) in [6.45, 7) is 12.5. The van der Waals surface area contributed by atoms with E-state index in [0.717, 1.165) is 44.9 Å². The fourth-order valence-corrected chi connectivity index (χ4v) is 4.88. The second-order valence-electron chi connectivity index (χ2n) is 9.48. The maximum Gasteiger partial charge on any atom is 0.303 e. The second-order valence-corrected chi connectivity index (χ2v) is 9.48. The Labute approximate surface area is 158 Å². The number of esters is 1. The van der Waals surface area contributed by atoms with Crippen LogP contribution in [0, 0.1) is 5.92 Å². The number of carbonyl (C=O) groups is 1. The third-order valence-electron chi connectivity index (χ3n) is 7.02. The first-order valence-corrected chi connectivity index (χ1v) is 10.3. The predicted molar refractivity (Wildman–Crippen MR) is 102 cm³/mol. The second kappa shape index (κ2) is 6.94. The Bertz CT molecular complexity index is 583. The number of ether oxygens (including phenoxy) is 3. The van der Waals surface area contributed by atoms with Gasteiger partial charge in [-0.25, -0.2) is 0 Å². The van der Waals surface area contributed by atoms with Crippen molar-refractivity contribution in [2.24, 2.45) is 5.92 Å². The molecule has 2 saturated heterocycles. The fraction of sp³-hybridized carbons (Fsp3) is 0.864. The number of carbonyl (C=O) groups excluding carboxylic acids is 1. The summed E-state index contributed by atoms with van der Waals surface area (Å²) in [5.74, 6) is 0.187. The molecule has 3 aliphatic rings. The third-order valence-corrected chi connectivity index (χ3v) is 7.02. The van der Waals surface area contributed by atoms with Gasteiger partial charge in [0.2, 0.25) is 0 Å². The summed E-state index contributed by atoms with van der Waals surface area (Å²) in [5.41, 5.74) is 0.741. The van der Waals surface area contributed by atoms with Gasteiger partial charge < -0.3 is 14.2 Å². The molecule has 4 nitrogen and oxygen atoms in total. The molecule has 148 valence electrons. The highest BCUT2D eigenvalue weighted by Gasteiger charge is 2.60. The van der Waals surface area contributed by atoms with Crippen LogP contribution in [0.5, 0.6) is 0 Å². The van der Waals surface area contributed by atoms with Gasteiger partial charge in [0.05, 0.1) is 17.3 Å². The lowest BCUT2D eigenvalue weighted by atomic mass is 9.80. The maximum atomic E-state index is 11.7. The Morgan fingerprint density at radius 3 is 2.62 bits per heavy atom. The first-order chi connectivity index (χ1) is 12.1. The number of hydrogen-bond acceptors (Lipinski definition) is 4. The molecule has 2 fully saturated rings. The molecule has 3 heterocycles. The van der Waals surface area contributed by atoms with Crippen molar-refractivity contribution in [3.8, 4) is 0 Å². The fourth-order valence-electron chi connectivity index (χ4n) is 4.88. The van der Waals surface area contributed by atoms with E-state index in [4.69, 9.17) is 14.2 Å². The summed E-state index contributed by atoms with van der Waals surface area (Å²) < 4.78 is 18.7. The minimum Gasteiger partial charge on any atom is -0.459 e. The molecule has 0 saturated carbocycles. The molecule has 0 aromatic carbocycles. The van der Waals surface area contributed by atoms with Gasteiger partial charge in [-0.05, 0) is 65.2 Å². The van der Waals surface area contributed by atoms with Crippen LogP contribution in [0.3, 0.4) is 0 Å². The van der Waals surface area contributed by atoms with Gasteiger partial charge in [-0.15, -0.1) is 0 Å². The normalized spacial score (nSPS) is 43.6. The van der Waals surface area contributed by atoms with Crippen LogP contribution in [-0.4, -0.2) is 35.0 Å². The highest BCUT2D eigenvalue weighted by Crippen LogP contribution is 2.53. The topological polar surface area (TPSA) is 48.1 Å². The summed E-state index contributed by atoms with van der Waals surface area (Å²) in [7, 11) is 0. The molecule has 5 atom stereocenters. The van der Waals surface area contributed by atoms with E-state index < -0.39 is 5.60 Å². The molecule has 0 amide bonds. The SMILES string of the molecule is CC(=O)OC1CCC(C)=CCCC2(C)OC2CC2(C(C)C)CCC1(C)O2. The van der Waals surface area contributed by atoms with E-state index in [1.807, 2.05) is 0 Å². The first-order valence-electron chi connectivity index (χ1n) is 10.3.